The lowest BCUT2D eigenvalue weighted by molar-refractivity contribution is -0.137. The van der Waals surface area contributed by atoms with Gasteiger partial charge in [0.05, 0.1) is 19.7 Å². The number of amides is 4. The van der Waals surface area contributed by atoms with E-state index in [0.717, 1.165) is 31.5 Å². The first-order chi connectivity index (χ1) is 16.4. The fraction of sp³-hybridized carbons (Fsp3) is 0.640. The fourth-order valence-electron chi connectivity index (χ4n) is 5.54. The Morgan fingerprint density at radius 1 is 1.12 bits per heavy atom. The third-order valence-corrected chi connectivity index (χ3v) is 7.87. The van der Waals surface area contributed by atoms with Crippen LogP contribution in [-0.2, 0) is 20.7 Å². The quantitative estimate of drug-likeness (QED) is 0.566. The van der Waals surface area contributed by atoms with Gasteiger partial charge in [-0.2, -0.15) is 0 Å². The molecule has 0 radical (unpaired) electrons. The Kier molecular flexibility index (Phi) is 8.11. The second-order valence-corrected chi connectivity index (χ2v) is 10.0. The second kappa shape index (κ2) is 11.1. The Morgan fingerprint density at radius 3 is 2.50 bits per heavy atom. The summed E-state index contributed by atoms with van der Waals surface area (Å²) in [6, 6.07) is 7.05. The van der Waals surface area contributed by atoms with Gasteiger partial charge in [0.1, 0.15) is 5.54 Å². The number of halogens is 1. The Hall–Kier alpha value is -2.16. The predicted octanol–water partition coefficient (Wildman–Crippen LogP) is 2.54. The van der Waals surface area contributed by atoms with Crippen molar-refractivity contribution in [1.29, 1.82) is 0 Å². The molecule has 9 heteroatoms. The molecule has 1 aromatic rings. The van der Waals surface area contributed by atoms with Gasteiger partial charge in [0.25, 0.3) is 5.91 Å². The highest BCUT2D eigenvalue weighted by Crippen LogP contribution is 2.37. The van der Waals surface area contributed by atoms with Gasteiger partial charge < -0.3 is 15.0 Å². The van der Waals surface area contributed by atoms with Crippen LogP contribution < -0.4 is 5.32 Å². The summed E-state index contributed by atoms with van der Waals surface area (Å²) in [5.41, 5.74) is -0.243. The minimum Gasteiger partial charge on any atom is -0.383 e. The number of methoxy groups -OCH3 is 1. The first-order valence-electron chi connectivity index (χ1n) is 12.3. The van der Waals surface area contributed by atoms with Crippen molar-refractivity contribution in [2.45, 2.75) is 44.1 Å². The van der Waals surface area contributed by atoms with Crippen molar-refractivity contribution in [3.63, 3.8) is 0 Å². The average Bonchev–Trinajstić information content (AvgIpc) is 3.09. The van der Waals surface area contributed by atoms with Gasteiger partial charge in [-0.1, -0.05) is 36.2 Å². The number of benzene rings is 1. The molecule has 4 amide bonds. The zero-order chi connectivity index (χ0) is 24.1. The summed E-state index contributed by atoms with van der Waals surface area (Å²) in [5.74, 6) is -0.164. The predicted molar refractivity (Wildman–Crippen MR) is 130 cm³/mol. The average molecular weight is 491 g/mol. The Balaban J connectivity index is 1.49. The molecule has 186 valence electrons. The number of rotatable bonds is 8. The molecule has 3 saturated heterocycles. The van der Waals surface area contributed by atoms with E-state index in [1.807, 2.05) is 23.1 Å². The molecule has 0 aromatic heterocycles. The number of piperidine rings is 2. The van der Waals surface area contributed by atoms with Crippen molar-refractivity contribution in [1.82, 2.24) is 20.0 Å². The molecule has 3 fully saturated rings. The normalized spacial score (nSPS) is 24.5. The van der Waals surface area contributed by atoms with Crippen LogP contribution >= 0.6 is 11.6 Å². The number of carbonyl (C=O) groups is 3. The highest BCUT2D eigenvalue weighted by atomic mass is 35.5. The maximum atomic E-state index is 13.7. The maximum Gasteiger partial charge on any atom is 0.325 e. The van der Waals surface area contributed by atoms with E-state index < -0.39 is 11.6 Å². The number of likely N-dealkylation sites (tertiary alicyclic amines) is 2. The number of imide groups is 1. The van der Waals surface area contributed by atoms with E-state index >= 15 is 0 Å². The third-order valence-electron chi connectivity index (χ3n) is 7.50. The first kappa shape index (κ1) is 24.9. The van der Waals surface area contributed by atoms with Gasteiger partial charge in [0.15, 0.2) is 0 Å². The summed E-state index contributed by atoms with van der Waals surface area (Å²) in [6.07, 6.45) is 5.18. The Labute approximate surface area is 206 Å². The van der Waals surface area contributed by atoms with Crippen LogP contribution in [0.4, 0.5) is 4.79 Å². The smallest absolute Gasteiger partial charge is 0.325 e. The van der Waals surface area contributed by atoms with Crippen LogP contribution in [0.15, 0.2) is 24.3 Å². The summed E-state index contributed by atoms with van der Waals surface area (Å²) >= 11 is 6.45. The van der Waals surface area contributed by atoms with Crippen molar-refractivity contribution < 1.29 is 19.1 Å². The molecule has 0 saturated carbocycles. The van der Waals surface area contributed by atoms with Crippen molar-refractivity contribution in [2.24, 2.45) is 5.92 Å². The van der Waals surface area contributed by atoms with Crippen molar-refractivity contribution >= 4 is 29.4 Å². The van der Waals surface area contributed by atoms with E-state index in [1.54, 1.807) is 13.2 Å². The van der Waals surface area contributed by atoms with Crippen LogP contribution in [0.1, 0.15) is 37.7 Å². The summed E-state index contributed by atoms with van der Waals surface area (Å²) in [6.45, 7) is 4.10. The molecule has 3 heterocycles. The Morgan fingerprint density at radius 2 is 1.82 bits per heavy atom. The highest BCUT2D eigenvalue weighted by molar-refractivity contribution is 6.31. The number of hydrogen-bond acceptors (Lipinski definition) is 5. The van der Waals surface area contributed by atoms with Crippen molar-refractivity contribution in [3.05, 3.63) is 34.9 Å². The number of carbonyl (C=O) groups excluding carboxylic acids is 3. The Bertz CT molecular complexity index is 899. The van der Waals surface area contributed by atoms with Crippen LogP contribution in [0.5, 0.6) is 0 Å². The molecule has 0 aliphatic carbocycles. The number of hydrogen-bond donors (Lipinski definition) is 1. The maximum absolute atomic E-state index is 13.7. The molecule has 3 aliphatic heterocycles. The standard InChI is InChI=1S/C25H35ClN4O4/c1-34-16-15-30-23(32)25(27-24(30)33,17-19-7-3-4-8-21(19)26)20-9-13-29(14-10-20)22(31)18-28-11-5-2-6-12-28/h3-4,7-8,20H,2,5-6,9-18H2,1H3,(H,27,33)/t25-/m0/s1. The summed E-state index contributed by atoms with van der Waals surface area (Å²) in [4.78, 5) is 44.9. The van der Waals surface area contributed by atoms with E-state index in [4.69, 9.17) is 16.3 Å². The molecular weight excluding hydrogens is 456 g/mol. The van der Waals surface area contributed by atoms with Gasteiger partial charge in [0.2, 0.25) is 5.91 Å². The molecule has 8 nitrogen and oxygen atoms in total. The number of nitrogens with one attached hydrogen (secondary N) is 1. The van der Waals surface area contributed by atoms with Gasteiger partial charge in [-0.15, -0.1) is 0 Å². The third kappa shape index (κ3) is 5.24. The second-order valence-electron chi connectivity index (χ2n) is 9.61. The van der Waals surface area contributed by atoms with E-state index in [0.29, 0.717) is 43.9 Å². The van der Waals surface area contributed by atoms with Gasteiger partial charge in [-0.05, 0) is 56.3 Å². The minimum atomic E-state index is -1.07. The molecule has 0 spiro atoms. The van der Waals surface area contributed by atoms with Gasteiger partial charge in [-0.3, -0.25) is 19.4 Å². The fourth-order valence-corrected chi connectivity index (χ4v) is 5.75. The van der Waals surface area contributed by atoms with E-state index in [9.17, 15) is 14.4 Å². The molecule has 3 aliphatic rings. The largest absolute Gasteiger partial charge is 0.383 e. The van der Waals surface area contributed by atoms with Crippen LogP contribution in [-0.4, -0.2) is 91.1 Å². The molecule has 0 bridgehead atoms. The SMILES string of the molecule is COCCN1C(=O)N[C@@](Cc2ccccc2Cl)(C2CCN(C(=O)CN3CCCCC3)CC2)C1=O. The van der Waals surface area contributed by atoms with Crippen LogP contribution in [0.2, 0.25) is 5.02 Å². The van der Waals surface area contributed by atoms with E-state index in [1.165, 1.54) is 11.3 Å². The summed E-state index contributed by atoms with van der Waals surface area (Å²) in [7, 11) is 1.55. The number of nitrogens with zero attached hydrogens (tertiary/aromatic N) is 3. The molecule has 4 rings (SSSR count). The van der Waals surface area contributed by atoms with Crippen LogP contribution in [0.3, 0.4) is 0 Å². The highest BCUT2D eigenvalue weighted by Gasteiger charge is 2.56. The first-order valence-corrected chi connectivity index (χ1v) is 12.7. The number of urea groups is 1. The summed E-state index contributed by atoms with van der Waals surface area (Å²) < 4.78 is 5.11. The zero-order valence-electron chi connectivity index (χ0n) is 19.9. The molecule has 34 heavy (non-hydrogen) atoms. The molecular formula is C25H35ClN4O4. The minimum absolute atomic E-state index is 0.0909. The molecule has 1 N–H and O–H groups in total. The van der Waals surface area contributed by atoms with Gasteiger partial charge in [-0.25, -0.2) is 4.79 Å². The molecule has 1 atom stereocenters. The lowest BCUT2D eigenvalue weighted by Gasteiger charge is -2.41. The van der Waals surface area contributed by atoms with Crippen molar-refractivity contribution in [3.8, 4) is 0 Å². The lowest BCUT2D eigenvalue weighted by atomic mass is 9.74. The summed E-state index contributed by atoms with van der Waals surface area (Å²) in [5, 5.41) is 3.62. The van der Waals surface area contributed by atoms with Gasteiger partial charge in [0, 0.05) is 31.6 Å². The molecule has 0 unspecified atom stereocenters. The van der Waals surface area contributed by atoms with Crippen LogP contribution in [0, 0.1) is 5.92 Å². The van der Waals surface area contributed by atoms with E-state index in [-0.39, 0.29) is 30.9 Å². The van der Waals surface area contributed by atoms with Gasteiger partial charge >= 0.3 is 6.03 Å². The monoisotopic (exact) mass is 490 g/mol. The van der Waals surface area contributed by atoms with E-state index in [2.05, 4.69) is 10.2 Å². The van der Waals surface area contributed by atoms with Crippen molar-refractivity contribution in [2.75, 3.05) is 53.0 Å². The topological polar surface area (TPSA) is 82.2 Å². The van der Waals surface area contributed by atoms with Crippen LogP contribution in [0.25, 0.3) is 0 Å². The lowest BCUT2D eigenvalue weighted by Crippen LogP contribution is -2.58. The molecule has 1 aromatic carbocycles. The zero-order valence-corrected chi connectivity index (χ0v) is 20.7. The number of ether oxygens (including phenoxy) is 1.